The van der Waals surface area contributed by atoms with Gasteiger partial charge in [0.15, 0.2) is 5.72 Å². The number of carbonyl (C=O) groups excluding carboxylic acids is 1. The normalized spacial score (nSPS) is 24.4. The highest BCUT2D eigenvalue weighted by Crippen LogP contribution is 2.39. The molecule has 0 aromatic heterocycles. The molecule has 2 aliphatic heterocycles. The molecule has 7 nitrogen and oxygen atoms in total. The zero-order chi connectivity index (χ0) is 31.4. The van der Waals surface area contributed by atoms with E-state index < -0.39 is 30.1 Å². The fourth-order valence-corrected chi connectivity index (χ4v) is 6.06. The SMILES string of the molecule is O=C1C=CCC[C@]2(N1)O[C@H](COCc1ccccc1)[C@@H](OCc1ccccc1)[C@H](OCc1ccccc1)[C@H]2OCc1ccccc1. The predicted molar refractivity (Wildman–Crippen MR) is 175 cm³/mol. The van der Waals surface area contributed by atoms with Gasteiger partial charge in [0.1, 0.15) is 24.4 Å². The summed E-state index contributed by atoms with van der Waals surface area (Å²) >= 11 is 0. The van der Waals surface area contributed by atoms with Crippen LogP contribution in [0.15, 0.2) is 133 Å². The molecule has 238 valence electrons. The number of ether oxygens (including phenoxy) is 5. The highest BCUT2D eigenvalue weighted by Gasteiger charge is 2.57. The summed E-state index contributed by atoms with van der Waals surface area (Å²) in [6.07, 6.45) is 2.13. The van der Waals surface area contributed by atoms with Crippen LogP contribution in [-0.2, 0) is 54.9 Å². The van der Waals surface area contributed by atoms with E-state index in [9.17, 15) is 4.79 Å². The number of carbonyl (C=O) groups is 1. The van der Waals surface area contributed by atoms with E-state index in [4.69, 9.17) is 23.7 Å². The van der Waals surface area contributed by atoms with Crippen LogP contribution in [0.4, 0.5) is 0 Å². The Morgan fingerprint density at radius 3 is 1.65 bits per heavy atom. The Morgan fingerprint density at radius 2 is 1.11 bits per heavy atom. The fraction of sp³-hybridized carbons (Fsp3) is 0.308. The van der Waals surface area contributed by atoms with Gasteiger partial charge in [0, 0.05) is 6.42 Å². The molecule has 1 fully saturated rings. The number of benzene rings is 4. The second-order valence-corrected chi connectivity index (χ2v) is 11.7. The summed E-state index contributed by atoms with van der Waals surface area (Å²) in [7, 11) is 0. The second-order valence-electron chi connectivity index (χ2n) is 11.7. The summed E-state index contributed by atoms with van der Waals surface area (Å²) in [6.45, 7) is 1.64. The Balaban J connectivity index is 1.35. The Labute approximate surface area is 271 Å². The van der Waals surface area contributed by atoms with Crippen LogP contribution in [-0.4, -0.2) is 42.7 Å². The van der Waals surface area contributed by atoms with Crippen molar-refractivity contribution >= 4 is 5.91 Å². The number of amides is 1. The maximum Gasteiger partial charge on any atom is 0.245 e. The Bertz CT molecular complexity index is 1520. The third-order valence-electron chi connectivity index (χ3n) is 8.33. The molecule has 0 radical (unpaired) electrons. The standard InChI is InChI=1S/C39H41NO6/c41-35-23-13-14-24-39(40-35)38(45-28-33-21-11-4-12-22-33)37(44-27-32-19-9-3-10-20-32)36(43-26-31-17-7-2-8-18-31)34(46-39)29-42-25-30-15-5-1-6-16-30/h1-13,15-23,34,36-38H,14,24-29H2,(H,40,41)/t34-,36-,37+,38-,39+/m1/s1. The van der Waals surface area contributed by atoms with E-state index in [0.717, 1.165) is 22.3 Å². The topological polar surface area (TPSA) is 75.3 Å². The highest BCUT2D eigenvalue weighted by atomic mass is 16.6. The van der Waals surface area contributed by atoms with Crippen molar-refractivity contribution in [2.24, 2.45) is 0 Å². The third-order valence-corrected chi connectivity index (χ3v) is 8.33. The van der Waals surface area contributed by atoms with E-state index in [-0.39, 0.29) is 12.5 Å². The van der Waals surface area contributed by atoms with Gasteiger partial charge in [-0.15, -0.1) is 0 Å². The molecule has 1 spiro atoms. The molecule has 4 aromatic rings. The van der Waals surface area contributed by atoms with E-state index >= 15 is 0 Å². The molecule has 4 aromatic carbocycles. The minimum Gasteiger partial charge on any atom is -0.374 e. The summed E-state index contributed by atoms with van der Waals surface area (Å²) in [4.78, 5) is 13.1. The molecule has 6 rings (SSSR count). The Hall–Kier alpha value is -4.11. The number of hydrogen-bond donors (Lipinski definition) is 1. The Kier molecular flexibility index (Phi) is 11.0. The summed E-state index contributed by atoms with van der Waals surface area (Å²) in [5.74, 6) is -0.236. The van der Waals surface area contributed by atoms with E-state index in [1.807, 2.05) is 127 Å². The van der Waals surface area contributed by atoms with Crippen LogP contribution in [0.5, 0.6) is 0 Å². The zero-order valence-electron chi connectivity index (χ0n) is 25.9. The van der Waals surface area contributed by atoms with Crippen LogP contribution in [0, 0.1) is 0 Å². The van der Waals surface area contributed by atoms with Crippen LogP contribution in [0.2, 0.25) is 0 Å². The molecule has 7 heteroatoms. The molecule has 2 aliphatic rings. The van der Waals surface area contributed by atoms with Gasteiger partial charge in [-0.1, -0.05) is 127 Å². The molecule has 0 aliphatic carbocycles. The van der Waals surface area contributed by atoms with E-state index in [2.05, 4.69) is 5.32 Å². The number of hydrogen-bond acceptors (Lipinski definition) is 6. The van der Waals surface area contributed by atoms with Crippen molar-refractivity contribution in [2.45, 2.75) is 69.4 Å². The van der Waals surface area contributed by atoms with Crippen molar-refractivity contribution < 1.29 is 28.5 Å². The molecular formula is C39H41NO6. The maximum atomic E-state index is 13.1. The van der Waals surface area contributed by atoms with Crippen LogP contribution < -0.4 is 5.32 Å². The van der Waals surface area contributed by atoms with Gasteiger partial charge < -0.3 is 29.0 Å². The molecule has 5 atom stereocenters. The van der Waals surface area contributed by atoms with E-state index in [0.29, 0.717) is 39.3 Å². The monoisotopic (exact) mass is 619 g/mol. The van der Waals surface area contributed by atoms with Crippen molar-refractivity contribution in [2.75, 3.05) is 6.61 Å². The van der Waals surface area contributed by atoms with Gasteiger partial charge in [0.2, 0.25) is 5.91 Å². The minimum absolute atomic E-state index is 0.232. The lowest BCUT2D eigenvalue weighted by Gasteiger charge is -2.52. The van der Waals surface area contributed by atoms with Gasteiger partial charge in [-0.2, -0.15) is 0 Å². The van der Waals surface area contributed by atoms with Crippen LogP contribution in [0.1, 0.15) is 35.1 Å². The Morgan fingerprint density at radius 1 is 0.630 bits per heavy atom. The quantitative estimate of drug-likeness (QED) is 0.184. The molecule has 1 amide bonds. The van der Waals surface area contributed by atoms with Crippen molar-refractivity contribution in [3.05, 3.63) is 156 Å². The molecule has 2 heterocycles. The van der Waals surface area contributed by atoms with Crippen LogP contribution in [0.3, 0.4) is 0 Å². The summed E-state index contributed by atoms with van der Waals surface area (Å²) in [5.41, 5.74) is 2.94. The summed E-state index contributed by atoms with van der Waals surface area (Å²) < 4.78 is 33.5. The largest absolute Gasteiger partial charge is 0.374 e. The predicted octanol–water partition coefficient (Wildman–Crippen LogP) is 6.52. The minimum atomic E-state index is -1.18. The van der Waals surface area contributed by atoms with Crippen molar-refractivity contribution in [1.29, 1.82) is 0 Å². The van der Waals surface area contributed by atoms with E-state index in [1.54, 1.807) is 6.08 Å². The molecule has 0 bridgehead atoms. The van der Waals surface area contributed by atoms with Gasteiger partial charge in [-0.3, -0.25) is 4.79 Å². The van der Waals surface area contributed by atoms with Crippen LogP contribution in [0.25, 0.3) is 0 Å². The van der Waals surface area contributed by atoms with Gasteiger partial charge >= 0.3 is 0 Å². The number of rotatable bonds is 13. The lowest BCUT2D eigenvalue weighted by molar-refractivity contribution is -0.315. The lowest BCUT2D eigenvalue weighted by atomic mass is 9.87. The second kappa shape index (κ2) is 15.9. The molecule has 46 heavy (non-hydrogen) atoms. The number of nitrogens with one attached hydrogen (secondary N) is 1. The number of allylic oxidation sites excluding steroid dienone is 1. The van der Waals surface area contributed by atoms with Gasteiger partial charge in [-0.25, -0.2) is 0 Å². The van der Waals surface area contributed by atoms with Crippen molar-refractivity contribution in [1.82, 2.24) is 5.32 Å². The molecule has 0 saturated carbocycles. The molecule has 1 N–H and O–H groups in total. The first-order valence-electron chi connectivity index (χ1n) is 15.9. The average molecular weight is 620 g/mol. The zero-order valence-corrected chi connectivity index (χ0v) is 25.9. The smallest absolute Gasteiger partial charge is 0.245 e. The molecule has 1 saturated heterocycles. The summed E-state index contributed by atoms with van der Waals surface area (Å²) in [6, 6.07) is 40.1. The van der Waals surface area contributed by atoms with Crippen LogP contribution >= 0.6 is 0 Å². The maximum absolute atomic E-state index is 13.1. The first kappa shape index (κ1) is 31.9. The van der Waals surface area contributed by atoms with E-state index in [1.165, 1.54) is 0 Å². The van der Waals surface area contributed by atoms with Crippen molar-refractivity contribution in [3.63, 3.8) is 0 Å². The fourth-order valence-electron chi connectivity index (χ4n) is 6.06. The van der Waals surface area contributed by atoms with Gasteiger partial charge in [0.25, 0.3) is 0 Å². The highest BCUT2D eigenvalue weighted by molar-refractivity contribution is 5.88. The van der Waals surface area contributed by atoms with Gasteiger partial charge in [-0.05, 0) is 34.8 Å². The lowest BCUT2D eigenvalue weighted by Crippen LogP contribution is -2.72. The summed E-state index contributed by atoms with van der Waals surface area (Å²) in [5, 5.41) is 3.18. The van der Waals surface area contributed by atoms with Gasteiger partial charge in [0.05, 0.1) is 33.0 Å². The molecule has 0 unspecified atom stereocenters. The third kappa shape index (κ3) is 8.37. The first-order chi connectivity index (χ1) is 22.7. The first-order valence-corrected chi connectivity index (χ1v) is 15.9. The molecular weight excluding hydrogens is 578 g/mol. The van der Waals surface area contributed by atoms with Crippen molar-refractivity contribution in [3.8, 4) is 0 Å². The average Bonchev–Trinajstić information content (AvgIpc) is 3.29.